The number of benzene rings is 2. The van der Waals surface area contributed by atoms with Crippen LogP contribution in [0.2, 0.25) is 0 Å². The van der Waals surface area contributed by atoms with Crippen molar-refractivity contribution in [3.8, 4) is 5.75 Å². The maximum Gasteiger partial charge on any atom is 0.265 e. The molecule has 0 radical (unpaired) electrons. The Morgan fingerprint density at radius 1 is 0.935 bits per heavy atom. The quantitative estimate of drug-likeness (QED) is 0.716. The van der Waals surface area contributed by atoms with E-state index in [1.165, 1.54) is 30.4 Å². The summed E-state index contributed by atoms with van der Waals surface area (Å²) in [4.78, 5) is 27.3. The maximum absolute atomic E-state index is 12.8. The van der Waals surface area contributed by atoms with Crippen LogP contribution in [0.15, 0.2) is 42.5 Å². The topological polar surface area (TPSA) is 58.6 Å². The molecule has 1 aliphatic carbocycles. The normalized spacial score (nSPS) is 16.9. The molecule has 31 heavy (non-hydrogen) atoms. The standard InChI is InChI=1S/C26H32N2O3/c1-2-24(31-23-15-12-19-8-4-5-9-21(19)18-23)25(29)27-22-13-10-20(11-14-22)26(30)28-16-6-3-7-17-28/h10-15,18,24H,2-9,16-17H2,1H3,(H,27,29)/t24-/m1/s1. The predicted octanol–water partition coefficient (Wildman–Crippen LogP) is 4.99. The predicted molar refractivity (Wildman–Crippen MR) is 123 cm³/mol. The van der Waals surface area contributed by atoms with Gasteiger partial charge in [0.15, 0.2) is 6.10 Å². The number of amides is 2. The van der Waals surface area contributed by atoms with Crippen LogP contribution in [0.3, 0.4) is 0 Å². The molecular weight excluding hydrogens is 388 g/mol. The molecule has 4 rings (SSSR count). The number of hydrogen-bond acceptors (Lipinski definition) is 3. The zero-order chi connectivity index (χ0) is 21.6. The summed E-state index contributed by atoms with van der Waals surface area (Å²) < 4.78 is 6.03. The van der Waals surface area contributed by atoms with Gasteiger partial charge in [-0.2, -0.15) is 0 Å². The van der Waals surface area contributed by atoms with Crippen molar-refractivity contribution in [2.45, 2.75) is 64.4 Å². The molecule has 1 fully saturated rings. The second-order valence-electron chi connectivity index (χ2n) is 8.57. The van der Waals surface area contributed by atoms with E-state index in [4.69, 9.17) is 4.74 Å². The highest BCUT2D eigenvalue weighted by Crippen LogP contribution is 2.26. The van der Waals surface area contributed by atoms with Gasteiger partial charge in [0.1, 0.15) is 5.75 Å². The summed E-state index contributed by atoms with van der Waals surface area (Å²) in [6.07, 6.45) is 8.03. The van der Waals surface area contributed by atoms with Crippen LogP contribution in [0.1, 0.15) is 66.9 Å². The Hall–Kier alpha value is -2.82. The smallest absolute Gasteiger partial charge is 0.265 e. The lowest BCUT2D eigenvalue weighted by atomic mass is 9.92. The monoisotopic (exact) mass is 420 g/mol. The minimum atomic E-state index is -0.559. The molecule has 2 aliphatic rings. The number of piperidine rings is 1. The number of carbonyl (C=O) groups excluding carboxylic acids is 2. The minimum Gasteiger partial charge on any atom is -0.481 e. The van der Waals surface area contributed by atoms with Crippen molar-refractivity contribution in [2.24, 2.45) is 0 Å². The number of anilines is 1. The number of aryl methyl sites for hydroxylation is 2. The largest absolute Gasteiger partial charge is 0.481 e. The van der Waals surface area contributed by atoms with E-state index in [0.717, 1.165) is 44.5 Å². The van der Waals surface area contributed by atoms with E-state index in [1.54, 1.807) is 24.3 Å². The van der Waals surface area contributed by atoms with E-state index in [-0.39, 0.29) is 11.8 Å². The summed E-state index contributed by atoms with van der Waals surface area (Å²) in [5.41, 5.74) is 4.08. The van der Waals surface area contributed by atoms with Crippen molar-refractivity contribution >= 4 is 17.5 Å². The van der Waals surface area contributed by atoms with Crippen molar-refractivity contribution in [3.63, 3.8) is 0 Å². The molecule has 0 bridgehead atoms. The van der Waals surface area contributed by atoms with Crippen molar-refractivity contribution < 1.29 is 14.3 Å². The lowest BCUT2D eigenvalue weighted by Gasteiger charge is -2.26. The maximum atomic E-state index is 12.8. The third-order valence-corrected chi connectivity index (χ3v) is 6.30. The molecule has 0 aromatic heterocycles. The molecule has 0 saturated carbocycles. The summed E-state index contributed by atoms with van der Waals surface area (Å²) in [5.74, 6) is 0.653. The number of rotatable bonds is 6. The Balaban J connectivity index is 1.36. The zero-order valence-electron chi connectivity index (χ0n) is 18.4. The van der Waals surface area contributed by atoms with E-state index in [2.05, 4.69) is 17.4 Å². The summed E-state index contributed by atoms with van der Waals surface area (Å²) in [7, 11) is 0. The average molecular weight is 421 g/mol. The lowest BCUT2D eigenvalue weighted by molar-refractivity contribution is -0.122. The third-order valence-electron chi connectivity index (χ3n) is 6.30. The van der Waals surface area contributed by atoms with Crippen LogP contribution in [-0.4, -0.2) is 35.9 Å². The molecule has 1 atom stereocenters. The molecule has 1 saturated heterocycles. The van der Waals surface area contributed by atoms with Crippen molar-refractivity contribution in [3.05, 3.63) is 59.2 Å². The highest BCUT2D eigenvalue weighted by atomic mass is 16.5. The minimum absolute atomic E-state index is 0.0692. The molecule has 164 valence electrons. The number of ether oxygens (including phenoxy) is 1. The first-order chi connectivity index (χ1) is 15.1. The first kappa shape index (κ1) is 21.4. The zero-order valence-corrected chi connectivity index (χ0v) is 18.4. The first-order valence-electron chi connectivity index (χ1n) is 11.6. The van der Waals surface area contributed by atoms with Gasteiger partial charge in [0.25, 0.3) is 11.8 Å². The second kappa shape index (κ2) is 9.99. The van der Waals surface area contributed by atoms with Gasteiger partial charge in [-0.05, 0) is 98.9 Å². The Morgan fingerprint density at radius 3 is 2.35 bits per heavy atom. The SMILES string of the molecule is CC[C@@H](Oc1ccc2c(c1)CCCC2)C(=O)Nc1ccc(C(=O)N2CCCCC2)cc1. The fraction of sp³-hybridized carbons (Fsp3) is 0.462. The Kier molecular flexibility index (Phi) is 6.90. The molecule has 1 aliphatic heterocycles. The van der Waals surface area contributed by atoms with E-state index >= 15 is 0 Å². The van der Waals surface area contributed by atoms with E-state index in [0.29, 0.717) is 17.7 Å². The van der Waals surface area contributed by atoms with Crippen LogP contribution >= 0.6 is 0 Å². The highest BCUT2D eigenvalue weighted by Gasteiger charge is 2.21. The molecule has 2 aromatic carbocycles. The molecule has 1 heterocycles. The summed E-state index contributed by atoms with van der Waals surface area (Å²) in [6, 6.07) is 13.4. The second-order valence-corrected chi connectivity index (χ2v) is 8.57. The Labute approximate surface area is 184 Å². The van der Waals surface area contributed by atoms with Gasteiger partial charge in [-0.3, -0.25) is 9.59 Å². The first-order valence-corrected chi connectivity index (χ1v) is 11.6. The van der Waals surface area contributed by atoms with Gasteiger partial charge in [-0.15, -0.1) is 0 Å². The number of likely N-dealkylation sites (tertiary alicyclic amines) is 1. The van der Waals surface area contributed by atoms with Crippen molar-refractivity contribution in [1.29, 1.82) is 0 Å². The Morgan fingerprint density at radius 2 is 1.65 bits per heavy atom. The van der Waals surface area contributed by atoms with Crippen molar-refractivity contribution in [2.75, 3.05) is 18.4 Å². The van der Waals surface area contributed by atoms with E-state index in [1.807, 2.05) is 17.9 Å². The van der Waals surface area contributed by atoms with Gasteiger partial charge < -0.3 is 15.0 Å². The molecule has 1 N–H and O–H groups in total. The van der Waals surface area contributed by atoms with Crippen LogP contribution < -0.4 is 10.1 Å². The number of nitrogens with zero attached hydrogens (tertiary/aromatic N) is 1. The lowest BCUT2D eigenvalue weighted by Crippen LogP contribution is -2.35. The van der Waals surface area contributed by atoms with Crippen LogP contribution in [0, 0.1) is 0 Å². The molecule has 0 spiro atoms. The van der Waals surface area contributed by atoms with E-state index in [9.17, 15) is 9.59 Å². The number of hydrogen-bond donors (Lipinski definition) is 1. The van der Waals surface area contributed by atoms with Gasteiger partial charge in [0.2, 0.25) is 0 Å². The van der Waals surface area contributed by atoms with Crippen LogP contribution in [-0.2, 0) is 17.6 Å². The fourth-order valence-electron chi connectivity index (χ4n) is 4.47. The van der Waals surface area contributed by atoms with Gasteiger partial charge in [-0.25, -0.2) is 0 Å². The summed E-state index contributed by atoms with van der Waals surface area (Å²) in [6.45, 7) is 3.61. The van der Waals surface area contributed by atoms with Crippen molar-refractivity contribution in [1.82, 2.24) is 4.90 Å². The summed E-state index contributed by atoms with van der Waals surface area (Å²) >= 11 is 0. The van der Waals surface area contributed by atoms with Gasteiger partial charge in [0, 0.05) is 24.3 Å². The molecule has 0 unspecified atom stereocenters. The fourth-order valence-corrected chi connectivity index (χ4v) is 4.47. The highest BCUT2D eigenvalue weighted by molar-refractivity contribution is 5.97. The van der Waals surface area contributed by atoms with Crippen LogP contribution in [0.4, 0.5) is 5.69 Å². The van der Waals surface area contributed by atoms with E-state index < -0.39 is 6.10 Å². The van der Waals surface area contributed by atoms with Gasteiger partial charge >= 0.3 is 0 Å². The van der Waals surface area contributed by atoms with Gasteiger partial charge in [-0.1, -0.05) is 13.0 Å². The number of nitrogens with one attached hydrogen (secondary N) is 1. The number of carbonyl (C=O) groups is 2. The molecule has 5 heteroatoms. The van der Waals surface area contributed by atoms with Crippen LogP contribution in [0.5, 0.6) is 5.75 Å². The Bertz CT molecular complexity index is 917. The van der Waals surface area contributed by atoms with Crippen LogP contribution in [0.25, 0.3) is 0 Å². The molecule has 2 aromatic rings. The molecule has 5 nitrogen and oxygen atoms in total. The number of fused-ring (bicyclic) bond motifs is 1. The molecule has 2 amide bonds. The molecular formula is C26H32N2O3. The van der Waals surface area contributed by atoms with Gasteiger partial charge in [0.05, 0.1) is 0 Å². The summed E-state index contributed by atoms with van der Waals surface area (Å²) in [5, 5.41) is 2.93. The average Bonchev–Trinajstić information content (AvgIpc) is 2.83. The third kappa shape index (κ3) is 5.27.